The van der Waals surface area contributed by atoms with Crippen molar-refractivity contribution in [1.82, 2.24) is 0 Å². The van der Waals surface area contributed by atoms with Gasteiger partial charge in [-0.05, 0) is 24.0 Å². The minimum Gasteiger partial charge on any atom is -0.300 e. The average molecular weight is 174 g/mol. The summed E-state index contributed by atoms with van der Waals surface area (Å²) in [6.07, 6.45) is 5.24. The minimum absolute atomic E-state index is 0.464. The molecule has 0 heterocycles. The third kappa shape index (κ3) is 1.97. The maximum atomic E-state index is 10.5. The van der Waals surface area contributed by atoms with Gasteiger partial charge in [0, 0.05) is 12.8 Å². The van der Waals surface area contributed by atoms with Gasteiger partial charge in [-0.15, -0.1) is 0 Å². The predicted octanol–water partition coefficient (Wildman–Crippen LogP) is 3.19. The molecule has 13 heavy (non-hydrogen) atoms. The lowest BCUT2D eigenvalue weighted by Gasteiger charge is -2.10. The number of fused-ring (bicyclic) bond motifs is 1. The van der Waals surface area contributed by atoms with E-state index in [0.717, 1.165) is 25.7 Å². The Bertz CT molecular complexity index is 268. The van der Waals surface area contributed by atoms with Gasteiger partial charge >= 0.3 is 0 Å². The van der Waals surface area contributed by atoms with Crippen molar-refractivity contribution in [3.63, 3.8) is 0 Å². The predicted molar refractivity (Wildman–Crippen MR) is 53.5 cm³/mol. The van der Waals surface area contributed by atoms with E-state index in [1.807, 2.05) is 0 Å². The van der Waals surface area contributed by atoms with Gasteiger partial charge in [0.1, 0.15) is 5.78 Å². The molecule has 0 aromatic heterocycles. The van der Waals surface area contributed by atoms with Gasteiger partial charge in [-0.1, -0.05) is 30.7 Å². The Hall–Kier alpha value is -1.11. The van der Waals surface area contributed by atoms with Gasteiger partial charge in [-0.3, -0.25) is 4.79 Å². The van der Waals surface area contributed by atoms with Crippen LogP contribution in [0, 0.1) is 0 Å². The highest BCUT2D eigenvalue weighted by atomic mass is 16.1. The van der Waals surface area contributed by atoms with Crippen molar-refractivity contribution < 1.29 is 4.79 Å². The third-order valence-corrected chi connectivity index (χ3v) is 2.63. The van der Waals surface area contributed by atoms with E-state index in [4.69, 9.17) is 0 Å². The molecule has 0 saturated heterocycles. The second-order valence-electron chi connectivity index (χ2n) is 3.68. The molecule has 0 unspecified atom stereocenters. The van der Waals surface area contributed by atoms with E-state index in [1.165, 1.54) is 17.5 Å². The van der Waals surface area contributed by atoms with Crippen molar-refractivity contribution in [2.45, 2.75) is 32.1 Å². The standard InChI is InChI=1S/C6H10O.C6H4/c7-6-4-2-1-3-5-6;1-2-6-4-3-5(1)6/h1-5H2;1-4H. The summed E-state index contributed by atoms with van der Waals surface area (Å²) in [5.41, 5.74) is 2.85. The maximum absolute atomic E-state index is 10.5. The van der Waals surface area contributed by atoms with Crippen LogP contribution < -0.4 is 0 Å². The topological polar surface area (TPSA) is 17.1 Å². The summed E-state index contributed by atoms with van der Waals surface area (Å²) in [5, 5.41) is 0. The fourth-order valence-electron chi connectivity index (χ4n) is 1.61. The summed E-state index contributed by atoms with van der Waals surface area (Å²) in [4.78, 5) is 10.5. The van der Waals surface area contributed by atoms with Crippen LogP contribution in [0.15, 0.2) is 24.3 Å². The lowest BCUT2D eigenvalue weighted by molar-refractivity contribution is -0.120. The van der Waals surface area contributed by atoms with Crippen molar-refractivity contribution in [3.05, 3.63) is 24.3 Å². The molecule has 3 aliphatic rings. The summed E-state index contributed by atoms with van der Waals surface area (Å²) in [5.74, 6) is 0.464. The number of benzene rings is 1. The molecule has 0 bridgehead atoms. The first-order valence-corrected chi connectivity index (χ1v) is 4.98. The molecule has 0 N–H and O–H groups in total. The number of hydrogen-bond acceptors (Lipinski definition) is 1. The first-order valence-electron chi connectivity index (χ1n) is 4.98. The molecule has 0 atom stereocenters. The molecule has 0 spiro atoms. The van der Waals surface area contributed by atoms with Crippen LogP contribution in [-0.2, 0) is 4.79 Å². The highest BCUT2D eigenvalue weighted by molar-refractivity contribution is 5.78. The molecule has 0 aromatic carbocycles. The van der Waals surface area contributed by atoms with Crippen LogP contribution in [0.25, 0.3) is 11.1 Å². The fraction of sp³-hybridized carbons (Fsp3) is 0.417. The Balaban J connectivity index is 0.000000101. The zero-order valence-electron chi connectivity index (χ0n) is 7.75. The zero-order valence-corrected chi connectivity index (χ0v) is 7.75. The quantitative estimate of drug-likeness (QED) is 0.599. The number of Topliss-reactive ketones (excluding diaryl/α,β-unsaturated/α-hetero) is 1. The van der Waals surface area contributed by atoms with Gasteiger partial charge < -0.3 is 0 Å². The van der Waals surface area contributed by atoms with Gasteiger partial charge in [0.15, 0.2) is 0 Å². The Morgan fingerprint density at radius 3 is 1.38 bits per heavy atom. The molecule has 1 nitrogen and oxygen atoms in total. The monoisotopic (exact) mass is 174 g/mol. The van der Waals surface area contributed by atoms with E-state index in [0.29, 0.717) is 5.78 Å². The third-order valence-electron chi connectivity index (χ3n) is 2.63. The van der Waals surface area contributed by atoms with Gasteiger partial charge in [0.2, 0.25) is 0 Å². The molecule has 0 aromatic rings. The second-order valence-corrected chi connectivity index (χ2v) is 3.68. The summed E-state index contributed by atoms with van der Waals surface area (Å²) in [6.45, 7) is 0. The van der Waals surface area contributed by atoms with Crippen LogP contribution in [0.3, 0.4) is 0 Å². The van der Waals surface area contributed by atoms with Gasteiger partial charge in [0.25, 0.3) is 0 Å². The first-order chi connectivity index (χ1) is 6.36. The van der Waals surface area contributed by atoms with Crippen molar-refractivity contribution in [3.8, 4) is 11.1 Å². The van der Waals surface area contributed by atoms with Crippen LogP contribution in [0.4, 0.5) is 0 Å². The smallest absolute Gasteiger partial charge is 0.132 e. The van der Waals surface area contributed by atoms with Crippen LogP contribution in [0.1, 0.15) is 32.1 Å². The van der Waals surface area contributed by atoms with Crippen molar-refractivity contribution in [1.29, 1.82) is 0 Å². The Labute approximate surface area is 78.8 Å². The average Bonchev–Trinajstić information content (AvgIpc) is 2.14. The summed E-state index contributed by atoms with van der Waals surface area (Å²) < 4.78 is 0. The molecular weight excluding hydrogens is 160 g/mol. The Kier molecular flexibility index (Phi) is 2.44. The van der Waals surface area contributed by atoms with Gasteiger partial charge in [-0.2, -0.15) is 0 Å². The molecule has 1 saturated carbocycles. The molecule has 1 fully saturated rings. The highest BCUT2D eigenvalue weighted by Crippen LogP contribution is 2.29. The lowest BCUT2D eigenvalue weighted by atomic mass is 9.95. The molecule has 68 valence electrons. The van der Waals surface area contributed by atoms with Crippen molar-refractivity contribution in [2.75, 3.05) is 0 Å². The minimum atomic E-state index is 0.464. The van der Waals surface area contributed by atoms with Crippen molar-refractivity contribution >= 4 is 5.78 Å². The lowest BCUT2D eigenvalue weighted by Crippen LogP contribution is -2.02. The van der Waals surface area contributed by atoms with Gasteiger partial charge in [0.05, 0.1) is 0 Å². The fourth-order valence-corrected chi connectivity index (χ4v) is 1.61. The van der Waals surface area contributed by atoms with Crippen LogP contribution in [0.5, 0.6) is 0 Å². The van der Waals surface area contributed by atoms with E-state index in [-0.39, 0.29) is 0 Å². The van der Waals surface area contributed by atoms with E-state index >= 15 is 0 Å². The summed E-state index contributed by atoms with van der Waals surface area (Å²) in [7, 11) is 0. The molecule has 0 amide bonds. The zero-order chi connectivity index (χ0) is 9.10. The number of rotatable bonds is 0. The van der Waals surface area contributed by atoms with Crippen LogP contribution in [0.2, 0.25) is 0 Å². The Morgan fingerprint density at radius 1 is 0.769 bits per heavy atom. The molecule has 0 radical (unpaired) electrons. The summed E-state index contributed by atoms with van der Waals surface area (Å²) >= 11 is 0. The van der Waals surface area contributed by atoms with Crippen LogP contribution >= 0.6 is 0 Å². The van der Waals surface area contributed by atoms with E-state index < -0.39 is 0 Å². The van der Waals surface area contributed by atoms with E-state index in [2.05, 4.69) is 24.3 Å². The molecular formula is C12H14O. The van der Waals surface area contributed by atoms with E-state index in [9.17, 15) is 4.79 Å². The molecule has 1 heteroatoms. The summed E-state index contributed by atoms with van der Waals surface area (Å²) in [6, 6.07) is 8.48. The maximum Gasteiger partial charge on any atom is 0.132 e. The first kappa shape index (κ1) is 8.49. The number of carbonyl (C=O) groups is 1. The van der Waals surface area contributed by atoms with E-state index in [1.54, 1.807) is 0 Å². The molecule has 0 aliphatic heterocycles. The number of carbonyl (C=O) groups excluding carboxylic acids is 1. The van der Waals surface area contributed by atoms with Crippen LogP contribution in [-0.4, -0.2) is 5.78 Å². The molecule has 3 aliphatic carbocycles. The highest BCUT2D eigenvalue weighted by Gasteiger charge is 2.06. The number of hydrogen-bond donors (Lipinski definition) is 0. The largest absolute Gasteiger partial charge is 0.300 e. The molecule has 3 rings (SSSR count). The Morgan fingerprint density at radius 2 is 1.23 bits per heavy atom. The van der Waals surface area contributed by atoms with Crippen molar-refractivity contribution in [2.24, 2.45) is 0 Å². The van der Waals surface area contributed by atoms with Gasteiger partial charge in [-0.25, -0.2) is 0 Å². The second kappa shape index (κ2) is 3.73. The number of ketones is 1. The SMILES string of the molecule is O=C1CCCCC1.c1cc2ccc1-2. The normalized spacial score (nSPS) is 17.4.